The van der Waals surface area contributed by atoms with Gasteiger partial charge in [-0.15, -0.1) is 0 Å². The number of nitrogens with two attached hydrogens (primary N) is 1. The highest BCUT2D eigenvalue weighted by molar-refractivity contribution is 5.93. The number of esters is 1. The Bertz CT molecular complexity index is 486. The van der Waals surface area contributed by atoms with Crippen molar-refractivity contribution in [2.45, 2.75) is 38.5 Å². The summed E-state index contributed by atoms with van der Waals surface area (Å²) in [5.41, 5.74) is 7.65. The fourth-order valence-electron chi connectivity index (χ4n) is 2.67. The average Bonchev–Trinajstić information content (AvgIpc) is 2.88. The van der Waals surface area contributed by atoms with E-state index in [9.17, 15) is 4.79 Å². The highest BCUT2D eigenvalue weighted by Gasteiger charge is 2.32. The molecule has 3 atom stereocenters. The zero-order valence-electron chi connectivity index (χ0n) is 10.4. The minimum atomic E-state index is -0.247. The summed E-state index contributed by atoms with van der Waals surface area (Å²) < 4.78 is 10.9. The molecule has 1 aromatic carbocycles. The van der Waals surface area contributed by atoms with Crippen molar-refractivity contribution in [1.29, 1.82) is 0 Å². The Balaban J connectivity index is 1.76. The van der Waals surface area contributed by atoms with Crippen LogP contribution in [0.4, 0.5) is 0 Å². The fraction of sp³-hybridized carbons (Fsp3) is 0.500. The van der Waals surface area contributed by atoms with Crippen LogP contribution in [0.1, 0.15) is 35.7 Å². The van der Waals surface area contributed by atoms with Gasteiger partial charge in [0, 0.05) is 11.6 Å². The highest BCUT2D eigenvalue weighted by Crippen LogP contribution is 2.30. The van der Waals surface area contributed by atoms with Gasteiger partial charge < -0.3 is 15.2 Å². The zero-order chi connectivity index (χ0) is 12.7. The first-order chi connectivity index (χ1) is 8.65. The number of fused-ring (bicyclic) bond motifs is 1. The third kappa shape index (κ3) is 1.86. The molecule has 3 rings (SSSR count). The Morgan fingerprint density at radius 3 is 2.94 bits per heavy atom. The number of ether oxygens (including phenoxy) is 2. The molecule has 1 saturated carbocycles. The Hall–Kier alpha value is -1.55. The van der Waals surface area contributed by atoms with Gasteiger partial charge in [0.2, 0.25) is 0 Å². The summed E-state index contributed by atoms with van der Waals surface area (Å²) in [6.07, 6.45) is 2.18. The van der Waals surface area contributed by atoms with Gasteiger partial charge in [-0.1, -0.05) is 6.92 Å². The second-order valence-electron chi connectivity index (χ2n) is 5.18. The van der Waals surface area contributed by atoms with Gasteiger partial charge in [-0.2, -0.15) is 0 Å². The molecule has 4 nitrogen and oxygen atoms in total. The fourth-order valence-corrected chi connectivity index (χ4v) is 2.67. The molecular weight excluding hydrogens is 230 g/mol. The topological polar surface area (TPSA) is 61.5 Å². The molecule has 0 unspecified atom stereocenters. The van der Waals surface area contributed by atoms with Gasteiger partial charge in [0.25, 0.3) is 0 Å². The first kappa shape index (κ1) is 11.5. The van der Waals surface area contributed by atoms with Gasteiger partial charge in [0.15, 0.2) is 0 Å². The van der Waals surface area contributed by atoms with Crippen LogP contribution in [0.3, 0.4) is 0 Å². The van der Waals surface area contributed by atoms with E-state index < -0.39 is 0 Å². The number of cyclic esters (lactones) is 1. The van der Waals surface area contributed by atoms with Crippen LogP contribution in [0.5, 0.6) is 5.75 Å². The van der Waals surface area contributed by atoms with Gasteiger partial charge in [0.1, 0.15) is 18.5 Å². The minimum absolute atomic E-state index is 0.0797. The van der Waals surface area contributed by atoms with E-state index in [0.717, 1.165) is 24.2 Å². The summed E-state index contributed by atoms with van der Waals surface area (Å²) >= 11 is 0. The van der Waals surface area contributed by atoms with E-state index in [2.05, 4.69) is 6.92 Å². The number of hydrogen-bond acceptors (Lipinski definition) is 4. The molecule has 0 radical (unpaired) electrons. The van der Waals surface area contributed by atoms with Crippen molar-refractivity contribution in [3.8, 4) is 5.75 Å². The summed E-state index contributed by atoms with van der Waals surface area (Å²) in [4.78, 5) is 11.3. The van der Waals surface area contributed by atoms with Crippen LogP contribution < -0.4 is 10.5 Å². The Labute approximate surface area is 106 Å². The van der Waals surface area contributed by atoms with Crippen LogP contribution in [0.15, 0.2) is 18.2 Å². The van der Waals surface area contributed by atoms with Gasteiger partial charge in [-0.25, -0.2) is 4.79 Å². The van der Waals surface area contributed by atoms with Crippen LogP contribution >= 0.6 is 0 Å². The molecule has 0 aromatic heterocycles. The second kappa shape index (κ2) is 4.28. The van der Waals surface area contributed by atoms with E-state index in [0.29, 0.717) is 18.1 Å². The monoisotopic (exact) mass is 247 g/mol. The lowest BCUT2D eigenvalue weighted by atomic mass is 10.1. The maximum Gasteiger partial charge on any atom is 0.338 e. The maximum absolute atomic E-state index is 11.3. The number of rotatable bonds is 2. The minimum Gasteiger partial charge on any atom is -0.489 e. The van der Waals surface area contributed by atoms with Crippen LogP contribution in [0.25, 0.3) is 0 Å². The van der Waals surface area contributed by atoms with E-state index in [4.69, 9.17) is 15.2 Å². The molecule has 0 amide bonds. The van der Waals surface area contributed by atoms with E-state index in [1.54, 1.807) is 6.07 Å². The largest absolute Gasteiger partial charge is 0.489 e. The summed E-state index contributed by atoms with van der Waals surface area (Å²) in [6, 6.07) is 5.57. The molecule has 1 heterocycles. The number of carbonyl (C=O) groups excluding carboxylic acids is 1. The maximum atomic E-state index is 11.3. The molecule has 1 aliphatic carbocycles. The van der Waals surface area contributed by atoms with Crippen LogP contribution in [0.2, 0.25) is 0 Å². The SMILES string of the molecule is C[C@@H]1CC[C@@H](Oc2ccc3c(c2)COC3=O)[C@@H]1N. The zero-order valence-corrected chi connectivity index (χ0v) is 10.4. The van der Waals surface area contributed by atoms with Crippen molar-refractivity contribution in [3.05, 3.63) is 29.3 Å². The lowest BCUT2D eigenvalue weighted by Gasteiger charge is -2.20. The third-order valence-electron chi connectivity index (χ3n) is 3.94. The Kier molecular flexibility index (Phi) is 2.74. The van der Waals surface area contributed by atoms with Crippen molar-refractivity contribution < 1.29 is 14.3 Å². The van der Waals surface area contributed by atoms with Crippen molar-refractivity contribution in [3.63, 3.8) is 0 Å². The van der Waals surface area contributed by atoms with Crippen molar-refractivity contribution in [1.82, 2.24) is 0 Å². The van der Waals surface area contributed by atoms with Crippen molar-refractivity contribution in [2.75, 3.05) is 0 Å². The van der Waals surface area contributed by atoms with Crippen LogP contribution in [-0.2, 0) is 11.3 Å². The molecule has 2 aliphatic rings. The summed E-state index contributed by atoms with van der Waals surface area (Å²) in [6.45, 7) is 2.50. The molecule has 4 heteroatoms. The van der Waals surface area contributed by atoms with Gasteiger partial charge in [-0.3, -0.25) is 0 Å². The number of carbonyl (C=O) groups is 1. The average molecular weight is 247 g/mol. The molecular formula is C14H17NO3. The van der Waals surface area contributed by atoms with E-state index >= 15 is 0 Å². The predicted octanol–water partition coefficient (Wildman–Crippen LogP) is 1.86. The van der Waals surface area contributed by atoms with E-state index in [1.165, 1.54) is 0 Å². The second-order valence-corrected chi connectivity index (χ2v) is 5.18. The normalized spacial score (nSPS) is 30.1. The molecule has 96 valence electrons. The molecule has 2 N–H and O–H groups in total. The van der Waals surface area contributed by atoms with E-state index in [1.807, 2.05) is 12.1 Å². The van der Waals surface area contributed by atoms with Gasteiger partial charge in [-0.05, 0) is 37.0 Å². The predicted molar refractivity (Wildman–Crippen MR) is 66.4 cm³/mol. The molecule has 0 spiro atoms. The smallest absolute Gasteiger partial charge is 0.338 e. The van der Waals surface area contributed by atoms with Gasteiger partial charge >= 0.3 is 5.97 Å². The standard InChI is InChI=1S/C14H17NO3/c1-8-2-5-12(13(8)15)18-10-3-4-11-9(6-10)7-17-14(11)16/h3-4,6,8,12-13H,2,5,7,15H2,1H3/t8-,12-,13-/m1/s1. The molecule has 1 aliphatic heterocycles. The molecule has 0 bridgehead atoms. The molecule has 1 aromatic rings. The molecule has 18 heavy (non-hydrogen) atoms. The molecule has 0 saturated heterocycles. The first-order valence-corrected chi connectivity index (χ1v) is 6.37. The number of benzene rings is 1. The van der Waals surface area contributed by atoms with Crippen LogP contribution in [-0.4, -0.2) is 18.1 Å². The van der Waals surface area contributed by atoms with Crippen molar-refractivity contribution in [2.24, 2.45) is 11.7 Å². The van der Waals surface area contributed by atoms with Crippen molar-refractivity contribution >= 4 is 5.97 Å². The van der Waals surface area contributed by atoms with Gasteiger partial charge in [0.05, 0.1) is 5.56 Å². The first-order valence-electron chi connectivity index (χ1n) is 6.37. The van der Waals surface area contributed by atoms with Crippen LogP contribution in [0, 0.1) is 5.92 Å². The molecule has 1 fully saturated rings. The lowest BCUT2D eigenvalue weighted by molar-refractivity contribution is 0.0535. The lowest BCUT2D eigenvalue weighted by Crippen LogP contribution is -2.37. The summed E-state index contributed by atoms with van der Waals surface area (Å²) in [5, 5.41) is 0. The highest BCUT2D eigenvalue weighted by atomic mass is 16.5. The Morgan fingerprint density at radius 1 is 1.39 bits per heavy atom. The third-order valence-corrected chi connectivity index (χ3v) is 3.94. The summed E-state index contributed by atoms with van der Waals surface area (Å²) in [7, 11) is 0. The summed E-state index contributed by atoms with van der Waals surface area (Å²) in [5.74, 6) is 1.04. The Morgan fingerprint density at radius 2 is 2.22 bits per heavy atom. The quantitative estimate of drug-likeness (QED) is 0.810. The number of hydrogen-bond donors (Lipinski definition) is 1. The van der Waals surface area contributed by atoms with E-state index in [-0.39, 0.29) is 18.1 Å².